The molecular weight excluding hydrogens is 378 g/mol. The van der Waals surface area contributed by atoms with E-state index in [1.54, 1.807) is 17.3 Å². The first-order valence-corrected chi connectivity index (χ1v) is 8.62. The van der Waals surface area contributed by atoms with Gasteiger partial charge in [-0.15, -0.1) is 0 Å². The fourth-order valence-electron chi connectivity index (χ4n) is 2.70. The van der Waals surface area contributed by atoms with Crippen LogP contribution in [0.25, 0.3) is 0 Å². The summed E-state index contributed by atoms with van der Waals surface area (Å²) in [6.07, 6.45) is 3.68. The van der Waals surface area contributed by atoms with Crippen LogP contribution in [0.15, 0.2) is 16.9 Å². The molecule has 7 nitrogen and oxygen atoms in total. The maximum atomic E-state index is 12.1. The molecule has 1 aliphatic rings. The van der Waals surface area contributed by atoms with E-state index >= 15 is 0 Å². The van der Waals surface area contributed by atoms with Crippen LogP contribution in [0.3, 0.4) is 0 Å². The number of aliphatic carboxylic acids is 1. The average Bonchev–Trinajstić information content (AvgIpc) is 2.94. The quantitative estimate of drug-likeness (QED) is 0.836. The van der Waals surface area contributed by atoms with Gasteiger partial charge in [-0.2, -0.15) is 0 Å². The number of carboxylic acids is 1. The van der Waals surface area contributed by atoms with E-state index in [0.29, 0.717) is 25.3 Å². The zero-order chi connectivity index (χ0) is 17.9. The van der Waals surface area contributed by atoms with Gasteiger partial charge in [0.1, 0.15) is 11.4 Å². The highest BCUT2D eigenvalue weighted by atomic mass is 79.9. The number of carbonyl (C=O) groups is 2. The summed E-state index contributed by atoms with van der Waals surface area (Å²) in [5.41, 5.74) is -0.563. The molecule has 2 heterocycles. The zero-order valence-electron chi connectivity index (χ0n) is 14.0. The normalized spacial score (nSPS) is 19.2. The minimum absolute atomic E-state index is 0.137. The SMILES string of the molecule is CC(C)(C)OC(=O)N1CC[C@H]([C@H](Cc2ncc(Br)cn2)C(=O)O)C1. The fourth-order valence-corrected chi connectivity index (χ4v) is 2.91. The molecule has 1 aromatic heterocycles. The van der Waals surface area contributed by atoms with Crippen molar-refractivity contribution in [1.29, 1.82) is 0 Å². The molecule has 1 fully saturated rings. The lowest BCUT2D eigenvalue weighted by atomic mass is 9.88. The maximum Gasteiger partial charge on any atom is 0.410 e. The predicted octanol–water partition coefficient (Wildman–Crippen LogP) is 2.74. The summed E-state index contributed by atoms with van der Waals surface area (Å²) in [5, 5.41) is 9.56. The summed E-state index contributed by atoms with van der Waals surface area (Å²) in [4.78, 5) is 33.7. The highest BCUT2D eigenvalue weighted by Crippen LogP contribution is 2.28. The second-order valence-corrected chi connectivity index (χ2v) is 7.86. The Morgan fingerprint density at radius 3 is 2.58 bits per heavy atom. The van der Waals surface area contributed by atoms with E-state index < -0.39 is 23.6 Å². The highest BCUT2D eigenvalue weighted by Gasteiger charge is 2.37. The number of hydrogen-bond donors (Lipinski definition) is 1. The molecule has 1 N–H and O–H groups in total. The fraction of sp³-hybridized carbons (Fsp3) is 0.625. The van der Waals surface area contributed by atoms with Gasteiger partial charge in [-0.05, 0) is 49.0 Å². The molecule has 0 aliphatic carbocycles. The molecule has 0 unspecified atom stereocenters. The van der Waals surface area contributed by atoms with Crippen molar-refractivity contribution < 1.29 is 19.4 Å². The number of likely N-dealkylation sites (tertiary alicyclic amines) is 1. The van der Waals surface area contributed by atoms with Gasteiger partial charge in [-0.1, -0.05) is 0 Å². The predicted molar refractivity (Wildman–Crippen MR) is 90.5 cm³/mol. The van der Waals surface area contributed by atoms with Crippen molar-refractivity contribution >= 4 is 28.0 Å². The number of halogens is 1. The summed E-state index contributed by atoms with van der Waals surface area (Å²) in [7, 11) is 0. The van der Waals surface area contributed by atoms with Crippen LogP contribution in [-0.2, 0) is 16.0 Å². The third-order valence-electron chi connectivity index (χ3n) is 3.84. The minimum atomic E-state index is -0.891. The first-order chi connectivity index (χ1) is 11.2. The van der Waals surface area contributed by atoms with Crippen LogP contribution in [0.5, 0.6) is 0 Å². The van der Waals surface area contributed by atoms with Crippen LogP contribution in [0, 0.1) is 11.8 Å². The Morgan fingerprint density at radius 1 is 1.42 bits per heavy atom. The van der Waals surface area contributed by atoms with Gasteiger partial charge in [0, 0.05) is 31.9 Å². The van der Waals surface area contributed by atoms with Crippen molar-refractivity contribution in [3.8, 4) is 0 Å². The molecule has 132 valence electrons. The van der Waals surface area contributed by atoms with Crippen molar-refractivity contribution in [3.63, 3.8) is 0 Å². The Bertz CT molecular complexity index is 600. The number of carbonyl (C=O) groups excluding carboxylic acids is 1. The van der Waals surface area contributed by atoms with Gasteiger partial charge in [0.2, 0.25) is 0 Å². The number of carboxylic acid groups (broad SMARTS) is 1. The molecule has 0 saturated carbocycles. The number of nitrogens with zero attached hydrogens (tertiary/aromatic N) is 3. The average molecular weight is 400 g/mol. The molecular formula is C16H22BrN3O4. The molecule has 2 atom stereocenters. The van der Waals surface area contributed by atoms with E-state index in [1.807, 2.05) is 20.8 Å². The maximum absolute atomic E-state index is 12.1. The Kier molecular flexibility index (Phi) is 5.79. The lowest BCUT2D eigenvalue weighted by molar-refractivity contribution is -0.143. The van der Waals surface area contributed by atoms with Crippen LogP contribution < -0.4 is 0 Å². The summed E-state index contributed by atoms with van der Waals surface area (Å²) in [6.45, 7) is 6.31. The molecule has 1 saturated heterocycles. The molecule has 2 rings (SSSR count). The molecule has 1 aliphatic heterocycles. The first-order valence-electron chi connectivity index (χ1n) is 7.83. The van der Waals surface area contributed by atoms with Gasteiger partial charge in [0.15, 0.2) is 0 Å². The number of rotatable bonds is 4. The Morgan fingerprint density at radius 2 is 2.04 bits per heavy atom. The van der Waals surface area contributed by atoms with Gasteiger partial charge >= 0.3 is 12.1 Å². The third kappa shape index (κ3) is 5.15. The van der Waals surface area contributed by atoms with Crippen LogP contribution in [0.1, 0.15) is 33.0 Å². The van der Waals surface area contributed by atoms with E-state index in [1.165, 1.54) is 0 Å². The lowest BCUT2D eigenvalue weighted by Crippen LogP contribution is -2.36. The molecule has 0 aromatic carbocycles. The van der Waals surface area contributed by atoms with Crippen LogP contribution >= 0.6 is 15.9 Å². The largest absolute Gasteiger partial charge is 0.481 e. The van der Waals surface area contributed by atoms with E-state index in [0.717, 1.165) is 4.47 Å². The summed E-state index contributed by atoms with van der Waals surface area (Å²) in [6, 6.07) is 0. The molecule has 0 bridgehead atoms. The standard InChI is InChI=1S/C16H22BrN3O4/c1-16(2,3)24-15(23)20-5-4-10(9-20)12(14(21)22)6-13-18-7-11(17)8-19-13/h7-8,10,12H,4-6,9H2,1-3H3,(H,21,22)/t10-,12-/m0/s1. The topological polar surface area (TPSA) is 92.6 Å². The van der Waals surface area contributed by atoms with Crippen LogP contribution in [-0.4, -0.2) is 50.7 Å². The smallest absolute Gasteiger partial charge is 0.410 e. The van der Waals surface area contributed by atoms with E-state index in [4.69, 9.17) is 4.74 Å². The van der Waals surface area contributed by atoms with E-state index in [2.05, 4.69) is 25.9 Å². The summed E-state index contributed by atoms with van der Waals surface area (Å²) in [5.74, 6) is -1.17. The van der Waals surface area contributed by atoms with Crippen molar-refractivity contribution in [2.24, 2.45) is 11.8 Å². The Hall–Kier alpha value is -1.70. The molecule has 8 heteroatoms. The lowest BCUT2D eigenvalue weighted by Gasteiger charge is -2.25. The Balaban J connectivity index is 2.01. The second kappa shape index (κ2) is 7.46. The summed E-state index contributed by atoms with van der Waals surface area (Å²) >= 11 is 3.26. The third-order valence-corrected chi connectivity index (χ3v) is 4.25. The number of hydrogen-bond acceptors (Lipinski definition) is 5. The van der Waals surface area contributed by atoms with Gasteiger partial charge in [0.05, 0.1) is 10.4 Å². The minimum Gasteiger partial charge on any atom is -0.481 e. The Labute approximate surface area is 149 Å². The number of amides is 1. The zero-order valence-corrected chi connectivity index (χ0v) is 15.6. The van der Waals surface area contributed by atoms with Crippen LogP contribution in [0.2, 0.25) is 0 Å². The van der Waals surface area contributed by atoms with Crippen molar-refractivity contribution in [1.82, 2.24) is 14.9 Å². The van der Waals surface area contributed by atoms with Gasteiger partial charge in [0.25, 0.3) is 0 Å². The molecule has 0 spiro atoms. The molecule has 24 heavy (non-hydrogen) atoms. The number of aromatic nitrogens is 2. The van der Waals surface area contributed by atoms with Gasteiger partial charge in [-0.25, -0.2) is 14.8 Å². The second-order valence-electron chi connectivity index (χ2n) is 6.94. The molecule has 1 amide bonds. The van der Waals surface area contributed by atoms with Gasteiger partial charge < -0.3 is 14.7 Å². The van der Waals surface area contributed by atoms with Crippen LogP contribution in [0.4, 0.5) is 4.79 Å². The van der Waals surface area contributed by atoms with Crippen molar-refractivity contribution in [2.45, 2.75) is 39.2 Å². The van der Waals surface area contributed by atoms with E-state index in [-0.39, 0.29) is 12.3 Å². The molecule has 0 radical (unpaired) electrons. The number of ether oxygens (including phenoxy) is 1. The van der Waals surface area contributed by atoms with E-state index in [9.17, 15) is 14.7 Å². The van der Waals surface area contributed by atoms with Gasteiger partial charge in [-0.3, -0.25) is 4.79 Å². The monoisotopic (exact) mass is 399 g/mol. The van der Waals surface area contributed by atoms with Crippen molar-refractivity contribution in [2.75, 3.05) is 13.1 Å². The highest BCUT2D eigenvalue weighted by molar-refractivity contribution is 9.10. The molecule has 1 aromatic rings. The first kappa shape index (κ1) is 18.6. The van der Waals surface area contributed by atoms with Crippen molar-refractivity contribution in [3.05, 3.63) is 22.7 Å². The summed E-state index contributed by atoms with van der Waals surface area (Å²) < 4.78 is 6.10.